The number of benzene rings is 3. The fourth-order valence-electron chi connectivity index (χ4n) is 4.47. The van der Waals surface area contributed by atoms with Gasteiger partial charge in [0.2, 0.25) is 6.29 Å². The molecule has 4 aromatic rings. The lowest BCUT2D eigenvalue weighted by molar-refractivity contribution is -0.265. The third-order valence-corrected chi connectivity index (χ3v) is 6.81. The molecule has 1 aromatic heterocycles. The second-order valence-electron chi connectivity index (χ2n) is 9.45. The first-order valence-corrected chi connectivity index (χ1v) is 12.5. The van der Waals surface area contributed by atoms with Crippen LogP contribution < -0.4 is 20.2 Å². The van der Waals surface area contributed by atoms with Crippen molar-refractivity contribution in [1.29, 1.82) is 0 Å². The second-order valence-corrected chi connectivity index (χ2v) is 9.45. The quantitative estimate of drug-likeness (QED) is 0.188. The normalized spacial score (nSPS) is 22.3. The Labute approximate surface area is 232 Å². The highest BCUT2D eigenvalue weighted by molar-refractivity contribution is 5.96. The van der Waals surface area contributed by atoms with Gasteiger partial charge in [-0.05, 0) is 43.3 Å². The molecule has 5 atom stereocenters. The minimum atomic E-state index is -1.86. The van der Waals surface area contributed by atoms with Crippen LogP contribution in [0.25, 0.3) is 22.3 Å². The van der Waals surface area contributed by atoms with Gasteiger partial charge in [-0.25, -0.2) is 0 Å². The standard InChI is InChI=1S/C29H27NO11/c1-13-19(12-21-22(23(13)33)18(32)11-20(39-21)14-7-9-15(38-2)10-8-14)40-29-26(36)24(34)25(35)27(41-29)28(37)30-16-5-3-4-6-17(16)31/h3-12,24-27,29,31,33-36H,1-2H3,(H,30,37). The van der Waals surface area contributed by atoms with Crippen molar-refractivity contribution in [2.24, 2.45) is 0 Å². The summed E-state index contributed by atoms with van der Waals surface area (Å²) in [5.41, 5.74) is 0.130. The van der Waals surface area contributed by atoms with E-state index >= 15 is 0 Å². The van der Waals surface area contributed by atoms with Gasteiger partial charge in [0.1, 0.15) is 58.0 Å². The van der Waals surface area contributed by atoms with Gasteiger partial charge in [-0.1, -0.05) is 12.1 Å². The zero-order valence-electron chi connectivity index (χ0n) is 21.8. The number of aliphatic hydroxyl groups is 3. The number of methoxy groups -OCH3 is 1. The van der Waals surface area contributed by atoms with Crippen molar-refractivity contribution in [3.05, 3.63) is 76.5 Å². The molecule has 1 fully saturated rings. The van der Waals surface area contributed by atoms with Crippen LogP contribution >= 0.6 is 0 Å². The fourth-order valence-corrected chi connectivity index (χ4v) is 4.47. The van der Waals surface area contributed by atoms with Crippen LogP contribution in [0.5, 0.6) is 23.0 Å². The molecule has 0 aliphatic carbocycles. The molecule has 1 saturated heterocycles. The van der Waals surface area contributed by atoms with Crippen molar-refractivity contribution in [3.63, 3.8) is 0 Å². The number of para-hydroxylation sites is 2. The van der Waals surface area contributed by atoms with Crippen molar-refractivity contribution in [2.75, 3.05) is 12.4 Å². The molecule has 0 radical (unpaired) electrons. The highest BCUT2D eigenvalue weighted by Gasteiger charge is 2.48. The predicted molar refractivity (Wildman–Crippen MR) is 145 cm³/mol. The first-order chi connectivity index (χ1) is 19.6. The summed E-state index contributed by atoms with van der Waals surface area (Å²) in [5.74, 6) is -0.881. The van der Waals surface area contributed by atoms with Crippen LogP contribution in [0.4, 0.5) is 5.69 Å². The van der Waals surface area contributed by atoms with Crippen LogP contribution in [-0.4, -0.2) is 69.3 Å². The summed E-state index contributed by atoms with van der Waals surface area (Å²) >= 11 is 0. The van der Waals surface area contributed by atoms with E-state index in [1.165, 1.54) is 38.3 Å². The van der Waals surface area contributed by atoms with Crippen LogP contribution in [0.15, 0.2) is 69.9 Å². The van der Waals surface area contributed by atoms with Crippen molar-refractivity contribution < 1.29 is 49.0 Å². The van der Waals surface area contributed by atoms with Gasteiger partial charge in [0.15, 0.2) is 11.5 Å². The Bertz CT molecular complexity index is 1650. The van der Waals surface area contributed by atoms with Gasteiger partial charge in [-0.2, -0.15) is 0 Å². The largest absolute Gasteiger partial charge is 0.507 e. The summed E-state index contributed by atoms with van der Waals surface area (Å²) in [4.78, 5) is 25.8. The second kappa shape index (κ2) is 11.1. The summed E-state index contributed by atoms with van der Waals surface area (Å²) in [7, 11) is 1.52. The maximum Gasteiger partial charge on any atom is 0.256 e. The molecule has 3 aromatic carbocycles. The number of rotatable bonds is 6. The maximum atomic E-state index is 12.9. The Morgan fingerprint density at radius 1 is 0.951 bits per heavy atom. The molecule has 12 heteroatoms. The van der Waals surface area contributed by atoms with E-state index in [0.29, 0.717) is 11.3 Å². The van der Waals surface area contributed by atoms with Crippen molar-refractivity contribution in [1.82, 2.24) is 0 Å². The van der Waals surface area contributed by atoms with Gasteiger partial charge >= 0.3 is 0 Å². The number of nitrogens with one attached hydrogen (secondary N) is 1. The first-order valence-electron chi connectivity index (χ1n) is 12.5. The molecule has 214 valence electrons. The molecular weight excluding hydrogens is 538 g/mol. The molecule has 12 nitrogen and oxygen atoms in total. The monoisotopic (exact) mass is 565 g/mol. The Hall–Kier alpha value is -4.62. The van der Waals surface area contributed by atoms with Gasteiger partial charge in [0.25, 0.3) is 5.91 Å². The van der Waals surface area contributed by atoms with E-state index in [2.05, 4.69) is 5.32 Å². The summed E-state index contributed by atoms with van der Waals surface area (Å²) in [5, 5.41) is 54.5. The third-order valence-electron chi connectivity index (χ3n) is 6.81. The summed E-state index contributed by atoms with van der Waals surface area (Å²) in [6, 6.07) is 15.2. The zero-order chi connectivity index (χ0) is 29.4. The summed E-state index contributed by atoms with van der Waals surface area (Å²) in [6.07, 6.45) is -8.92. The molecule has 1 aliphatic heterocycles. The number of fused-ring (bicyclic) bond motifs is 1. The molecule has 5 unspecified atom stereocenters. The fraction of sp³-hybridized carbons (Fsp3) is 0.241. The van der Waals surface area contributed by atoms with Crippen LogP contribution in [0.3, 0.4) is 0 Å². The van der Waals surface area contributed by atoms with Crippen LogP contribution in [0.1, 0.15) is 5.56 Å². The van der Waals surface area contributed by atoms with E-state index < -0.39 is 47.8 Å². The summed E-state index contributed by atoms with van der Waals surface area (Å²) < 4.78 is 22.4. The number of carbonyl (C=O) groups excluding carboxylic acids is 1. The lowest BCUT2D eigenvalue weighted by Gasteiger charge is -2.39. The minimum Gasteiger partial charge on any atom is -0.507 e. The first kappa shape index (κ1) is 27.9. The Kier molecular flexibility index (Phi) is 7.56. The number of phenols is 2. The van der Waals surface area contributed by atoms with Crippen LogP contribution in [0.2, 0.25) is 0 Å². The van der Waals surface area contributed by atoms with Gasteiger partial charge in [-0.15, -0.1) is 0 Å². The van der Waals surface area contributed by atoms with Crippen LogP contribution in [0, 0.1) is 6.92 Å². The number of aromatic hydroxyl groups is 2. The number of hydrogen-bond acceptors (Lipinski definition) is 11. The van der Waals surface area contributed by atoms with E-state index in [0.717, 1.165) is 0 Å². The molecule has 1 aliphatic rings. The Morgan fingerprint density at radius 2 is 1.66 bits per heavy atom. The van der Waals surface area contributed by atoms with Gasteiger partial charge in [-0.3, -0.25) is 9.59 Å². The highest BCUT2D eigenvalue weighted by atomic mass is 16.7. The lowest BCUT2D eigenvalue weighted by Crippen LogP contribution is -2.62. The topological polar surface area (TPSA) is 188 Å². The smallest absolute Gasteiger partial charge is 0.256 e. The van der Waals surface area contributed by atoms with E-state index in [1.54, 1.807) is 36.4 Å². The number of ether oxygens (including phenoxy) is 3. The van der Waals surface area contributed by atoms with Crippen molar-refractivity contribution in [3.8, 4) is 34.3 Å². The molecule has 41 heavy (non-hydrogen) atoms. The predicted octanol–water partition coefficient (Wildman–Crippen LogP) is 2.01. The Morgan fingerprint density at radius 3 is 2.34 bits per heavy atom. The summed E-state index contributed by atoms with van der Waals surface area (Å²) in [6.45, 7) is 1.45. The number of anilines is 1. The van der Waals surface area contributed by atoms with Gasteiger partial charge in [0.05, 0.1) is 12.8 Å². The lowest BCUT2D eigenvalue weighted by atomic mass is 9.98. The number of aliphatic hydroxyl groups excluding tert-OH is 3. The minimum absolute atomic E-state index is 0.0318. The number of phenolic OH excluding ortho intramolecular Hbond substituents is 2. The number of carbonyl (C=O) groups is 1. The molecule has 0 saturated carbocycles. The average molecular weight is 566 g/mol. The van der Waals surface area contributed by atoms with Crippen LogP contribution in [-0.2, 0) is 9.53 Å². The van der Waals surface area contributed by atoms with E-state index in [1.807, 2.05) is 0 Å². The van der Waals surface area contributed by atoms with E-state index in [9.17, 15) is 35.1 Å². The molecule has 2 heterocycles. The number of amides is 1. The Balaban J connectivity index is 1.46. The SMILES string of the molecule is COc1ccc(-c2cc(=O)c3c(O)c(C)c(OC4OC(C(=O)Nc5ccccc5O)C(O)C(O)C4O)cc3o2)cc1. The van der Waals surface area contributed by atoms with E-state index in [4.69, 9.17) is 18.6 Å². The molecular formula is C29H27NO11. The zero-order valence-corrected chi connectivity index (χ0v) is 21.8. The van der Waals surface area contributed by atoms with Gasteiger partial charge in [0, 0.05) is 23.3 Å². The van der Waals surface area contributed by atoms with Crippen molar-refractivity contribution >= 4 is 22.6 Å². The molecule has 0 bridgehead atoms. The maximum absolute atomic E-state index is 12.9. The average Bonchev–Trinajstić information content (AvgIpc) is 2.96. The highest BCUT2D eigenvalue weighted by Crippen LogP contribution is 2.37. The van der Waals surface area contributed by atoms with Gasteiger partial charge < -0.3 is 49.5 Å². The molecule has 6 N–H and O–H groups in total. The molecule has 5 rings (SSSR count). The van der Waals surface area contributed by atoms with E-state index in [-0.39, 0.29) is 39.5 Å². The number of hydrogen-bond donors (Lipinski definition) is 6. The molecule has 0 spiro atoms. The third kappa shape index (κ3) is 5.28. The van der Waals surface area contributed by atoms with Crippen molar-refractivity contribution in [2.45, 2.75) is 37.6 Å². The molecule has 1 amide bonds.